The first kappa shape index (κ1) is 31.1. The van der Waals surface area contributed by atoms with Gasteiger partial charge in [-0.2, -0.15) is 4.31 Å². The Bertz CT molecular complexity index is 1660. The molecule has 3 unspecified atom stereocenters. The van der Waals surface area contributed by atoms with Gasteiger partial charge in [0, 0.05) is 36.6 Å². The van der Waals surface area contributed by atoms with E-state index in [9.17, 15) is 27.9 Å². The molecule has 2 aliphatic rings. The summed E-state index contributed by atoms with van der Waals surface area (Å²) in [6, 6.07) is 16.7. The van der Waals surface area contributed by atoms with Crippen LogP contribution >= 0.6 is 34.8 Å². The highest BCUT2D eigenvalue weighted by molar-refractivity contribution is 7.89. The van der Waals surface area contributed by atoms with Crippen molar-refractivity contribution in [3.63, 3.8) is 0 Å². The van der Waals surface area contributed by atoms with Gasteiger partial charge in [0.2, 0.25) is 21.8 Å². The molecule has 0 saturated carbocycles. The van der Waals surface area contributed by atoms with Crippen LogP contribution in [0.1, 0.15) is 11.1 Å². The van der Waals surface area contributed by atoms with E-state index < -0.39 is 52.7 Å². The number of fused-ring (bicyclic) bond motifs is 1. The molecule has 0 aliphatic carbocycles. The van der Waals surface area contributed by atoms with E-state index in [0.29, 0.717) is 16.1 Å². The lowest BCUT2D eigenvalue weighted by Crippen LogP contribution is -2.75. The van der Waals surface area contributed by atoms with E-state index in [1.54, 1.807) is 54.6 Å². The van der Waals surface area contributed by atoms with Crippen molar-refractivity contribution in [3.05, 3.63) is 99.0 Å². The molecular formula is C29H27Cl3N4O6S. The molecule has 10 nitrogen and oxygen atoms in total. The Morgan fingerprint density at radius 2 is 1.56 bits per heavy atom. The fourth-order valence-corrected chi connectivity index (χ4v) is 7.95. The van der Waals surface area contributed by atoms with Gasteiger partial charge in [0.15, 0.2) is 0 Å². The average Bonchev–Trinajstić information content (AvgIpc) is 2.96. The molecule has 0 aromatic heterocycles. The van der Waals surface area contributed by atoms with Crippen molar-refractivity contribution in [1.29, 1.82) is 0 Å². The molecule has 3 amide bonds. The lowest BCUT2D eigenvalue weighted by Gasteiger charge is -2.53. The van der Waals surface area contributed by atoms with Crippen LogP contribution in [0.15, 0.2) is 77.7 Å². The number of halogens is 3. The van der Waals surface area contributed by atoms with Crippen molar-refractivity contribution >= 4 is 62.7 Å². The third-order valence-electron chi connectivity index (χ3n) is 7.62. The maximum absolute atomic E-state index is 14.3. The second kappa shape index (κ2) is 12.3. The number of carboxylic acid groups (broad SMARTS) is 1. The molecule has 2 heterocycles. The van der Waals surface area contributed by atoms with Crippen LogP contribution in [0.5, 0.6) is 0 Å². The molecule has 226 valence electrons. The number of sulfonamides is 1. The fourth-order valence-electron chi connectivity index (χ4n) is 5.50. The van der Waals surface area contributed by atoms with Crippen molar-refractivity contribution in [2.45, 2.75) is 36.1 Å². The molecule has 3 aromatic rings. The summed E-state index contributed by atoms with van der Waals surface area (Å²) >= 11 is 18.4. The molecule has 0 radical (unpaired) electrons. The van der Waals surface area contributed by atoms with Crippen molar-refractivity contribution in [3.8, 4) is 0 Å². The maximum atomic E-state index is 14.3. The van der Waals surface area contributed by atoms with E-state index in [4.69, 9.17) is 34.8 Å². The molecule has 2 fully saturated rings. The van der Waals surface area contributed by atoms with Gasteiger partial charge < -0.3 is 14.9 Å². The number of carbonyl (C=O) groups is 3. The van der Waals surface area contributed by atoms with Crippen LogP contribution in [-0.4, -0.2) is 88.8 Å². The monoisotopic (exact) mass is 664 g/mol. The SMILES string of the molecule is CN1CC2N(C(=O)C(N(Cc3ccccc3)C(=O)O)CN2S(=O)(=O)c2ccc(Cl)cc2Cl)C(Cc2ccc(Cl)cc2)C1=O. The van der Waals surface area contributed by atoms with Gasteiger partial charge in [0.25, 0.3) is 0 Å². The number of nitrogens with zero attached hydrogens (tertiary/aromatic N) is 4. The van der Waals surface area contributed by atoms with Gasteiger partial charge in [0.05, 0.1) is 11.6 Å². The first-order valence-corrected chi connectivity index (χ1v) is 15.8. The van der Waals surface area contributed by atoms with Crippen LogP contribution in [0.4, 0.5) is 4.79 Å². The molecule has 2 saturated heterocycles. The van der Waals surface area contributed by atoms with Crippen molar-refractivity contribution in [1.82, 2.24) is 19.0 Å². The van der Waals surface area contributed by atoms with Gasteiger partial charge >= 0.3 is 6.09 Å². The number of likely N-dealkylation sites (N-methyl/N-ethyl adjacent to an activating group) is 1. The summed E-state index contributed by atoms with van der Waals surface area (Å²) in [6.07, 6.45) is -2.50. The van der Waals surface area contributed by atoms with Crippen LogP contribution in [0.2, 0.25) is 15.1 Å². The number of carbonyl (C=O) groups excluding carboxylic acids is 2. The smallest absolute Gasteiger partial charge is 0.408 e. The second-order valence-corrected chi connectivity index (χ2v) is 13.5. The normalized spacial score (nSPS) is 21.1. The zero-order chi connectivity index (χ0) is 31.1. The van der Waals surface area contributed by atoms with Crippen LogP contribution in [0, 0.1) is 0 Å². The van der Waals surface area contributed by atoms with Crippen LogP contribution in [0.3, 0.4) is 0 Å². The van der Waals surface area contributed by atoms with Gasteiger partial charge in [-0.3, -0.25) is 14.5 Å². The highest BCUT2D eigenvalue weighted by Gasteiger charge is 2.55. The molecule has 0 spiro atoms. The standard InChI is InChI=1S/C29H27Cl3N4O6S/c1-33-17-26-35(43(41,42)25-12-11-21(31)14-22(25)32)16-24(34(29(39)40)15-19-5-3-2-4-6-19)28(38)36(26)23(27(33)37)13-18-7-9-20(30)10-8-18/h2-12,14,23-24,26H,13,15-17H2,1H3,(H,39,40). The highest BCUT2D eigenvalue weighted by atomic mass is 35.5. The number of benzene rings is 3. The quantitative estimate of drug-likeness (QED) is 0.399. The summed E-state index contributed by atoms with van der Waals surface area (Å²) in [4.78, 5) is 43.7. The first-order valence-electron chi connectivity index (χ1n) is 13.2. The number of amides is 3. The summed E-state index contributed by atoms with van der Waals surface area (Å²) in [6.45, 7) is -0.808. The first-order chi connectivity index (χ1) is 20.4. The van der Waals surface area contributed by atoms with E-state index in [2.05, 4.69) is 0 Å². The van der Waals surface area contributed by atoms with Crippen molar-refractivity contribution in [2.75, 3.05) is 20.1 Å². The minimum absolute atomic E-state index is 0.0522. The Hall–Kier alpha value is -3.35. The largest absolute Gasteiger partial charge is 0.465 e. The zero-order valence-corrected chi connectivity index (χ0v) is 25.9. The predicted molar refractivity (Wildman–Crippen MR) is 161 cm³/mol. The molecule has 1 N–H and O–H groups in total. The van der Waals surface area contributed by atoms with Crippen molar-refractivity contribution in [2.24, 2.45) is 0 Å². The predicted octanol–water partition coefficient (Wildman–Crippen LogP) is 4.44. The molecular weight excluding hydrogens is 639 g/mol. The minimum atomic E-state index is -4.44. The zero-order valence-electron chi connectivity index (χ0n) is 22.8. The fraction of sp³-hybridized carbons (Fsp3) is 0.276. The molecule has 14 heteroatoms. The Labute approximate surface area is 264 Å². The molecule has 0 bridgehead atoms. The Kier molecular flexibility index (Phi) is 8.92. The van der Waals surface area contributed by atoms with Crippen LogP contribution in [0.25, 0.3) is 0 Å². The second-order valence-electron chi connectivity index (χ2n) is 10.4. The summed E-state index contributed by atoms with van der Waals surface area (Å²) < 4.78 is 29.6. The Morgan fingerprint density at radius 1 is 0.907 bits per heavy atom. The van der Waals surface area contributed by atoms with Gasteiger partial charge in [-0.15, -0.1) is 0 Å². The van der Waals surface area contributed by atoms with Gasteiger partial charge in [-0.05, 0) is 41.5 Å². The minimum Gasteiger partial charge on any atom is -0.465 e. The van der Waals surface area contributed by atoms with E-state index in [1.165, 1.54) is 35.0 Å². The third-order valence-corrected chi connectivity index (χ3v) is 10.5. The van der Waals surface area contributed by atoms with Crippen LogP contribution < -0.4 is 0 Å². The summed E-state index contributed by atoms with van der Waals surface area (Å²) in [7, 11) is -2.91. The maximum Gasteiger partial charge on any atom is 0.408 e. The molecule has 43 heavy (non-hydrogen) atoms. The summed E-state index contributed by atoms with van der Waals surface area (Å²) in [5, 5.41) is 10.8. The number of hydrogen-bond donors (Lipinski definition) is 1. The molecule has 3 aromatic carbocycles. The van der Waals surface area contributed by atoms with Crippen LogP contribution in [-0.2, 0) is 32.6 Å². The Balaban J connectivity index is 1.63. The molecule has 3 atom stereocenters. The Morgan fingerprint density at radius 3 is 2.19 bits per heavy atom. The lowest BCUT2D eigenvalue weighted by molar-refractivity contribution is -0.168. The van der Waals surface area contributed by atoms with Gasteiger partial charge in [-0.25, -0.2) is 13.2 Å². The summed E-state index contributed by atoms with van der Waals surface area (Å²) in [5.74, 6) is -1.08. The molecule has 2 aliphatic heterocycles. The highest BCUT2D eigenvalue weighted by Crippen LogP contribution is 2.35. The van der Waals surface area contributed by atoms with Crippen molar-refractivity contribution < 1.29 is 27.9 Å². The number of rotatable bonds is 7. The van der Waals surface area contributed by atoms with E-state index >= 15 is 0 Å². The van der Waals surface area contributed by atoms with E-state index in [1.807, 2.05) is 0 Å². The summed E-state index contributed by atoms with van der Waals surface area (Å²) in [5.41, 5.74) is 1.28. The van der Waals surface area contributed by atoms with E-state index in [0.717, 1.165) is 9.21 Å². The van der Waals surface area contributed by atoms with Gasteiger partial charge in [-0.1, -0.05) is 77.3 Å². The average molecular weight is 666 g/mol. The van der Waals surface area contributed by atoms with Gasteiger partial charge in [0.1, 0.15) is 23.1 Å². The molecule has 5 rings (SSSR count). The third kappa shape index (κ3) is 6.18. The lowest BCUT2D eigenvalue weighted by atomic mass is 9.97. The number of piperazine rings is 1. The topological polar surface area (TPSA) is 119 Å². The van der Waals surface area contributed by atoms with E-state index in [-0.39, 0.29) is 34.5 Å². The number of hydrogen-bond acceptors (Lipinski definition) is 5.